The predicted octanol–water partition coefficient (Wildman–Crippen LogP) is 6.81. The first kappa shape index (κ1) is 78.5. The van der Waals surface area contributed by atoms with E-state index >= 15 is 0 Å². The Bertz CT molecular complexity index is 2460. The van der Waals surface area contributed by atoms with Gasteiger partial charge in [-0.15, -0.1) is 0 Å². The summed E-state index contributed by atoms with van der Waals surface area (Å²) >= 11 is 0. The van der Waals surface area contributed by atoms with Gasteiger partial charge in [0.15, 0.2) is 55.9 Å². The monoisotopic (exact) mass is 1350 g/mol. The second-order valence-corrected chi connectivity index (χ2v) is 26.8. The van der Waals surface area contributed by atoms with Crippen LogP contribution in [0.1, 0.15) is 209 Å². The third-order valence-corrected chi connectivity index (χ3v) is 19.1. The van der Waals surface area contributed by atoms with E-state index in [1.165, 1.54) is 33.8 Å². The fourth-order valence-corrected chi connectivity index (χ4v) is 12.9. The molecule has 0 aliphatic carbocycles. The Labute approximate surface area is 560 Å². The molecule has 25 heteroatoms. The number of carbonyl (C=O) groups excluding carboxylic acids is 4. The standard InChI is InChI=1S/C70H112O25/c1-10-13-15-16-18-22-30-36-48(72)90-64-63(95-66-54(78)52(76)50(74)40(5)82-66)59(93-68-61(89-49(73)38-37-45-31-26-24-27-32-45)55(79)57(42(7)84-68)91-65(81)39(4)12-3)44(9)86-70(64)92-58-43(8)85-69-62(56(58)80)88-47(71)35-29-23-20-17-19-21-28-34-46(33-25-14-11-2)87-67-60(94-69)53(77)51(75)41(6)83-67/h24,26-27,31-32,37-44,46,50-64,66-70,74-80H,10-23,25,28-30,33-36H2,1-9H3/t39-,40-,41+,42-,43-,44-,46-,50-,51-,52+,53-,54+,55+,56+,57-,58-,59-,60+,61+,62+,63+,64+,66-,67-,68-,69-,70-/m0/s1. The van der Waals surface area contributed by atoms with E-state index in [0.717, 1.165) is 96.0 Å². The highest BCUT2D eigenvalue weighted by Gasteiger charge is 2.59. The number of esters is 4. The normalized spacial score (nSPS) is 39.1. The molecule has 0 bridgehead atoms. The molecule has 0 aromatic heterocycles. The molecule has 7 rings (SSSR count). The molecule has 6 aliphatic heterocycles. The van der Waals surface area contributed by atoms with Crippen LogP contribution in [0.15, 0.2) is 36.4 Å². The minimum Gasteiger partial charge on any atom is -0.456 e. The van der Waals surface area contributed by atoms with Crippen LogP contribution in [-0.2, 0) is 85.5 Å². The fraction of sp³-hybridized carbons (Fsp3) is 0.829. The maximum atomic E-state index is 14.5. The third-order valence-electron chi connectivity index (χ3n) is 19.1. The first-order valence-corrected chi connectivity index (χ1v) is 35.4. The lowest BCUT2D eigenvalue weighted by molar-refractivity contribution is -0.399. The lowest BCUT2D eigenvalue weighted by Crippen LogP contribution is -2.68. The zero-order valence-corrected chi connectivity index (χ0v) is 57.2. The van der Waals surface area contributed by atoms with Crippen molar-refractivity contribution in [1.29, 1.82) is 0 Å². The quantitative estimate of drug-likeness (QED) is 0.0229. The number of hydrogen-bond acceptors (Lipinski definition) is 25. The molecule has 542 valence electrons. The van der Waals surface area contributed by atoms with Crippen LogP contribution < -0.4 is 0 Å². The number of rotatable bonds is 25. The summed E-state index contributed by atoms with van der Waals surface area (Å²) in [6.07, 6.45) is -20.2. The van der Waals surface area contributed by atoms with E-state index in [9.17, 15) is 54.9 Å². The Hall–Kier alpha value is -3.84. The highest BCUT2D eigenvalue weighted by atomic mass is 16.8. The second-order valence-electron chi connectivity index (χ2n) is 26.8. The molecular weight excluding hydrogens is 1240 g/mol. The van der Waals surface area contributed by atoms with Gasteiger partial charge in [0, 0.05) is 18.9 Å². The first-order chi connectivity index (χ1) is 45.5. The molecular formula is C70H112O25. The van der Waals surface area contributed by atoms with E-state index in [-0.39, 0.29) is 18.9 Å². The van der Waals surface area contributed by atoms with Crippen LogP contribution in [0.4, 0.5) is 0 Å². The summed E-state index contributed by atoms with van der Waals surface area (Å²) in [5.41, 5.74) is 0.645. The van der Waals surface area contributed by atoms with Crippen molar-refractivity contribution in [3.8, 4) is 0 Å². The molecule has 7 N–H and O–H groups in total. The van der Waals surface area contributed by atoms with Crippen molar-refractivity contribution in [3.05, 3.63) is 42.0 Å². The summed E-state index contributed by atoms with van der Waals surface area (Å²) in [7, 11) is 0. The van der Waals surface area contributed by atoms with E-state index in [0.29, 0.717) is 44.1 Å². The summed E-state index contributed by atoms with van der Waals surface area (Å²) in [6, 6.07) is 8.85. The van der Waals surface area contributed by atoms with Gasteiger partial charge in [0.25, 0.3) is 0 Å². The van der Waals surface area contributed by atoms with Crippen molar-refractivity contribution in [2.45, 2.75) is 363 Å². The number of hydrogen-bond donors (Lipinski definition) is 7. The van der Waals surface area contributed by atoms with E-state index in [2.05, 4.69) is 13.8 Å². The zero-order chi connectivity index (χ0) is 68.9. The molecule has 6 aliphatic rings. The number of fused-ring (bicyclic) bond motifs is 2. The maximum Gasteiger partial charge on any atom is 0.331 e. The minimum atomic E-state index is -1.95. The van der Waals surface area contributed by atoms with Crippen LogP contribution in [0.2, 0.25) is 0 Å². The van der Waals surface area contributed by atoms with Gasteiger partial charge in [0.05, 0.1) is 42.5 Å². The smallest absolute Gasteiger partial charge is 0.331 e. The van der Waals surface area contributed by atoms with Crippen molar-refractivity contribution >= 4 is 30.0 Å². The van der Waals surface area contributed by atoms with E-state index in [4.69, 9.17) is 66.3 Å². The number of aliphatic hydroxyl groups excluding tert-OH is 7. The zero-order valence-electron chi connectivity index (χ0n) is 57.2. The van der Waals surface area contributed by atoms with Gasteiger partial charge < -0.3 is 102 Å². The van der Waals surface area contributed by atoms with Crippen LogP contribution >= 0.6 is 0 Å². The third kappa shape index (κ3) is 22.3. The molecule has 0 saturated carbocycles. The lowest BCUT2D eigenvalue weighted by Gasteiger charge is -2.51. The SMILES string of the molecule is CCCCCCCCCC(=O)O[C@H]1[C@H](O[C@@H]2[C@@H](O)[C@H]3OC(=O)CCCCCCCCC[C@H](CCCCC)O[C@@H]4O[C@H](C)[C@H](O)[C@H](O)[C@H]4O[C@@H]3O[C@H]2C)O[C@@H](C)[C@H](O[C@@H]2O[C@@H](C)[C@H](OC(=O)[C@@H](C)CC)[C@@H](O)[C@H]2OC(=O)C=Cc2ccccc2)[C@H]1O[C@@H]1O[C@@H](C)[C@H](O)[C@@H](O)[C@H]1O. The van der Waals surface area contributed by atoms with Crippen LogP contribution in [0.3, 0.4) is 0 Å². The van der Waals surface area contributed by atoms with Gasteiger partial charge in [-0.2, -0.15) is 0 Å². The summed E-state index contributed by atoms with van der Waals surface area (Å²) in [5.74, 6) is -3.67. The average molecular weight is 1350 g/mol. The summed E-state index contributed by atoms with van der Waals surface area (Å²) in [6.45, 7) is 15.3. The van der Waals surface area contributed by atoms with E-state index in [1.54, 1.807) is 51.1 Å². The topological polar surface area (TPSA) is 339 Å². The Morgan fingerprint density at radius 2 is 1.06 bits per heavy atom. The van der Waals surface area contributed by atoms with Crippen molar-refractivity contribution in [2.75, 3.05) is 0 Å². The molecule has 25 nitrogen and oxygen atoms in total. The summed E-state index contributed by atoms with van der Waals surface area (Å²) < 4.78 is 89.8. The Morgan fingerprint density at radius 1 is 0.505 bits per heavy atom. The van der Waals surface area contributed by atoms with Crippen LogP contribution in [0.25, 0.3) is 6.08 Å². The molecule has 95 heavy (non-hydrogen) atoms. The molecule has 6 heterocycles. The van der Waals surface area contributed by atoms with E-state index in [1.807, 2.05) is 0 Å². The van der Waals surface area contributed by atoms with Crippen molar-refractivity contribution in [1.82, 2.24) is 0 Å². The largest absolute Gasteiger partial charge is 0.456 e. The maximum absolute atomic E-state index is 14.5. The van der Waals surface area contributed by atoms with Gasteiger partial charge in [0.2, 0.25) is 0 Å². The van der Waals surface area contributed by atoms with Crippen molar-refractivity contribution in [3.63, 3.8) is 0 Å². The fourth-order valence-electron chi connectivity index (χ4n) is 12.9. The highest BCUT2D eigenvalue weighted by molar-refractivity contribution is 5.87. The van der Waals surface area contributed by atoms with Gasteiger partial charge >= 0.3 is 23.9 Å². The van der Waals surface area contributed by atoms with Gasteiger partial charge in [-0.25, -0.2) is 4.79 Å². The van der Waals surface area contributed by atoms with Crippen LogP contribution in [0, 0.1) is 5.92 Å². The number of aliphatic hydroxyl groups is 7. The Kier molecular flexibility index (Phi) is 32.4. The Morgan fingerprint density at radius 3 is 1.76 bits per heavy atom. The minimum absolute atomic E-state index is 0.0394. The number of benzene rings is 1. The molecule has 6 saturated heterocycles. The van der Waals surface area contributed by atoms with Gasteiger partial charge in [-0.3, -0.25) is 14.4 Å². The summed E-state index contributed by atoms with van der Waals surface area (Å²) in [5, 5.41) is 81.9. The van der Waals surface area contributed by atoms with Crippen molar-refractivity contribution in [2.24, 2.45) is 5.92 Å². The molecule has 0 radical (unpaired) electrons. The number of unbranched alkanes of at least 4 members (excludes halogenated alkanes) is 8. The molecule has 1 aromatic rings. The molecule has 6 fully saturated rings. The molecule has 27 atom stereocenters. The van der Waals surface area contributed by atoms with Crippen LogP contribution in [0.5, 0.6) is 0 Å². The van der Waals surface area contributed by atoms with Gasteiger partial charge in [-0.05, 0) is 78.4 Å². The Balaban J connectivity index is 1.26. The summed E-state index contributed by atoms with van der Waals surface area (Å²) in [4.78, 5) is 55.7. The molecule has 1 aromatic carbocycles. The van der Waals surface area contributed by atoms with E-state index < -0.39 is 183 Å². The average Bonchev–Trinajstić information content (AvgIpc) is 0.769. The first-order valence-electron chi connectivity index (χ1n) is 35.4. The second kappa shape index (κ2) is 39.2. The lowest BCUT2D eigenvalue weighted by atomic mass is 9.95. The van der Waals surface area contributed by atoms with Gasteiger partial charge in [0.1, 0.15) is 67.1 Å². The molecule has 0 spiro atoms. The predicted molar refractivity (Wildman–Crippen MR) is 341 cm³/mol. The van der Waals surface area contributed by atoms with Crippen molar-refractivity contribution < 1.29 is 121 Å². The number of carbonyl (C=O) groups is 4. The highest BCUT2D eigenvalue weighted by Crippen LogP contribution is 2.40. The molecule has 0 amide bonds. The van der Waals surface area contributed by atoms with Crippen LogP contribution in [-0.4, -0.2) is 219 Å². The van der Waals surface area contributed by atoms with Gasteiger partial charge in [-0.1, -0.05) is 154 Å². The molecule has 0 unspecified atom stereocenters. The number of ether oxygens (including phenoxy) is 14.